The number of aromatic nitrogens is 2. The minimum Gasteiger partial charge on any atom is -0.505 e. The Balaban J connectivity index is 1.88. The van der Waals surface area contributed by atoms with Gasteiger partial charge in [-0.3, -0.25) is 4.79 Å². The molecule has 0 radical (unpaired) electrons. The lowest BCUT2D eigenvalue weighted by molar-refractivity contribution is -0.116. The van der Waals surface area contributed by atoms with E-state index in [1.807, 2.05) is 0 Å². The van der Waals surface area contributed by atoms with Gasteiger partial charge in [0.05, 0.1) is 6.33 Å². The molecule has 1 amide bonds. The molecule has 94 valence electrons. The smallest absolute Gasteiger partial charge is 0.226 e. The SMILES string of the molecule is O=C(CCn1ccnc1)Nc1ccc(O)c(F)c1. The monoisotopic (exact) mass is 249 g/mol. The quantitative estimate of drug-likeness (QED) is 0.811. The molecule has 0 unspecified atom stereocenters. The number of hydrogen-bond acceptors (Lipinski definition) is 3. The Kier molecular flexibility index (Phi) is 3.57. The summed E-state index contributed by atoms with van der Waals surface area (Å²) in [6, 6.07) is 3.71. The predicted molar refractivity (Wildman–Crippen MR) is 63.5 cm³/mol. The van der Waals surface area contributed by atoms with Crippen molar-refractivity contribution in [2.75, 3.05) is 5.32 Å². The molecule has 0 bridgehead atoms. The normalized spacial score (nSPS) is 10.3. The van der Waals surface area contributed by atoms with Crippen molar-refractivity contribution in [3.63, 3.8) is 0 Å². The van der Waals surface area contributed by atoms with Crippen molar-refractivity contribution in [3.8, 4) is 5.75 Å². The van der Waals surface area contributed by atoms with Gasteiger partial charge in [-0.25, -0.2) is 9.37 Å². The number of aryl methyl sites for hydroxylation is 1. The summed E-state index contributed by atoms with van der Waals surface area (Å²) >= 11 is 0. The summed E-state index contributed by atoms with van der Waals surface area (Å²) in [6.07, 6.45) is 5.27. The Morgan fingerprint density at radius 1 is 1.50 bits per heavy atom. The second kappa shape index (κ2) is 5.31. The maximum atomic E-state index is 13.0. The van der Waals surface area contributed by atoms with Crippen LogP contribution in [0.3, 0.4) is 0 Å². The van der Waals surface area contributed by atoms with Crippen LogP contribution < -0.4 is 5.32 Å². The number of phenols is 1. The molecule has 0 aliphatic rings. The van der Waals surface area contributed by atoms with E-state index in [0.29, 0.717) is 12.2 Å². The van der Waals surface area contributed by atoms with E-state index in [-0.39, 0.29) is 12.3 Å². The molecule has 0 saturated heterocycles. The Hall–Kier alpha value is -2.37. The number of amides is 1. The van der Waals surface area contributed by atoms with Crippen LogP contribution >= 0.6 is 0 Å². The zero-order valence-corrected chi connectivity index (χ0v) is 9.51. The number of nitrogens with one attached hydrogen (secondary N) is 1. The summed E-state index contributed by atoms with van der Waals surface area (Å²) in [4.78, 5) is 15.4. The van der Waals surface area contributed by atoms with Crippen LogP contribution in [0, 0.1) is 5.82 Å². The number of benzene rings is 1. The molecular weight excluding hydrogens is 237 g/mol. The van der Waals surface area contributed by atoms with Crippen molar-refractivity contribution in [1.82, 2.24) is 9.55 Å². The maximum absolute atomic E-state index is 13.0. The van der Waals surface area contributed by atoms with E-state index in [0.717, 1.165) is 6.07 Å². The fourth-order valence-electron chi connectivity index (χ4n) is 1.46. The largest absolute Gasteiger partial charge is 0.505 e. The maximum Gasteiger partial charge on any atom is 0.226 e. The summed E-state index contributed by atoms with van der Waals surface area (Å²) in [7, 11) is 0. The van der Waals surface area contributed by atoms with Gasteiger partial charge in [0.15, 0.2) is 11.6 Å². The van der Waals surface area contributed by atoms with E-state index in [1.165, 1.54) is 12.1 Å². The number of imidazole rings is 1. The summed E-state index contributed by atoms with van der Waals surface area (Å²) in [5.41, 5.74) is 0.320. The third kappa shape index (κ3) is 3.07. The molecule has 18 heavy (non-hydrogen) atoms. The van der Waals surface area contributed by atoms with Gasteiger partial charge in [0.2, 0.25) is 5.91 Å². The highest BCUT2D eigenvalue weighted by Gasteiger charge is 2.05. The molecule has 0 spiro atoms. The van der Waals surface area contributed by atoms with Crippen molar-refractivity contribution in [1.29, 1.82) is 0 Å². The Bertz CT molecular complexity index is 540. The lowest BCUT2D eigenvalue weighted by atomic mass is 10.2. The lowest BCUT2D eigenvalue weighted by Gasteiger charge is -2.06. The van der Waals surface area contributed by atoms with Crippen molar-refractivity contribution < 1.29 is 14.3 Å². The zero-order chi connectivity index (χ0) is 13.0. The predicted octanol–water partition coefficient (Wildman–Crippen LogP) is 1.76. The topological polar surface area (TPSA) is 67.2 Å². The number of halogens is 1. The van der Waals surface area contributed by atoms with Gasteiger partial charge in [0.25, 0.3) is 0 Å². The summed E-state index contributed by atoms with van der Waals surface area (Å²) in [5, 5.41) is 11.6. The number of hydrogen-bond donors (Lipinski definition) is 2. The van der Waals surface area contributed by atoms with Crippen LogP contribution in [0.2, 0.25) is 0 Å². The molecule has 2 rings (SSSR count). The molecule has 1 aromatic heterocycles. The van der Waals surface area contributed by atoms with E-state index in [2.05, 4.69) is 10.3 Å². The second-order valence-corrected chi connectivity index (χ2v) is 3.76. The molecule has 5 nitrogen and oxygen atoms in total. The van der Waals surface area contributed by atoms with Gasteiger partial charge >= 0.3 is 0 Å². The average molecular weight is 249 g/mol. The molecule has 0 aliphatic heterocycles. The van der Waals surface area contributed by atoms with Crippen LogP contribution in [0.4, 0.5) is 10.1 Å². The summed E-state index contributed by atoms with van der Waals surface area (Å²) in [5.74, 6) is -1.43. The molecule has 1 aromatic carbocycles. The standard InChI is InChI=1S/C12H12FN3O2/c13-10-7-9(1-2-11(10)17)15-12(18)3-5-16-6-4-14-8-16/h1-2,4,6-8,17H,3,5H2,(H,15,18). The third-order valence-corrected chi connectivity index (χ3v) is 2.39. The number of nitrogens with zero attached hydrogens (tertiary/aromatic N) is 2. The number of aromatic hydroxyl groups is 1. The van der Waals surface area contributed by atoms with Gasteiger partial charge in [0.1, 0.15) is 0 Å². The van der Waals surface area contributed by atoms with Gasteiger partial charge in [-0.15, -0.1) is 0 Å². The summed E-state index contributed by atoms with van der Waals surface area (Å²) < 4.78 is 14.8. The van der Waals surface area contributed by atoms with E-state index in [1.54, 1.807) is 23.3 Å². The van der Waals surface area contributed by atoms with Crippen LogP contribution in [0.1, 0.15) is 6.42 Å². The van der Waals surface area contributed by atoms with Gasteiger partial charge < -0.3 is 15.0 Å². The van der Waals surface area contributed by atoms with Gasteiger partial charge in [-0.2, -0.15) is 0 Å². The minimum atomic E-state index is -0.762. The van der Waals surface area contributed by atoms with Crippen LogP contribution in [0.5, 0.6) is 5.75 Å². The lowest BCUT2D eigenvalue weighted by Crippen LogP contribution is -2.14. The van der Waals surface area contributed by atoms with E-state index < -0.39 is 11.6 Å². The Morgan fingerprint density at radius 3 is 3.00 bits per heavy atom. The highest BCUT2D eigenvalue weighted by Crippen LogP contribution is 2.19. The summed E-state index contributed by atoms with van der Waals surface area (Å²) in [6.45, 7) is 0.506. The molecule has 6 heteroatoms. The van der Waals surface area contributed by atoms with E-state index in [4.69, 9.17) is 5.11 Å². The molecule has 2 aromatic rings. The molecule has 0 atom stereocenters. The van der Waals surface area contributed by atoms with Gasteiger partial charge in [-0.1, -0.05) is 0 Å². The van der Waals surface area contributed by atoms with Crippen molar-refractivity contribution in [2.45, 2.75) is 13.0 Å². The highest BCUT2D eigenvalue weighted by molar-refractivity contribution is 5.90. The van der Waals surface area contributed by atoms with Crippen LogP contribution in [-0.4, -0.2) is 20.6 Å². The number of carbonyl (C=O) groups excluding carboxylic acids is 1. The second-order valence-electron chi connectivity index (χ2n) is 3.76. The van der Waals surface area contributed by atoms with Gasteiger partial charge in [-0.05, 0) is 12.1 Å². The fraction of sp³-hybridized carbons (Fsp3) is 0.167. The van der Waals surface area contributed by atoms with Crippen molar-refractivity contribution in [2.24, 2.45) is 0 Å². The Morgan fingerprint density at radius 2 is 2.33 bits per heavy atom. The zero-order valence-electron chi connectivity index (χ0n) is 9.51. The minimum absolute atomic E-state index is 0.228. The van der Waals surface area contributed by atoms with Gasteiger partial charge in [0, 0.05) is 37.1 Å². The first-order valence-electron chi connectivity index (χ1n) is 5.39. The number of carbonyl (C=O) groups is 1. The molecular formula is C12H12FN3O2. The number of rotatable bonds is 4. The molecule has 0 saturated carbocycles. The average Bonchev–Trinajstić information content (AvgIpc) is 2.84. The van der Waals surface area contributed by atoms with Crippen LogP contribution in [0.25, 0.3) is 0 Å². The van der Waals surface area contributed by atoms with Crippen LogP contribution in [-0.2, 0) is 11.3 Å². The highest BCUT2D eigenvalue weighted by atomic mass is 19.1. The number of phenolic OH excluding ortho intramolecular Hbond substituents is 1. The van der Waals surface area contributed by atoms with E-state index >= 15 is 0 Å². The third-order valence-electron chi connectivity index (χ3n) is 2.39. The first-order chi connectivity index (χ1) is 8.65. The first-order valence-corrected chi connectivity index (χ1v) is 5.39. The molecule has 2 N–H and O–H groups in total. The van der Waals surface area contributed by atoms with Crippen molar-refractivity contribution in [3.05, 3.63) is 42.7 Å². The molecule has 0 fully saturated rings. The fourth-order valence-corrected chi connectivity index (χ4v) is 1.46. The van der Waals surface area contributed by atoms with Crippen LogP contribution in [0.15, 0.2) is 36.9 Å². The molecule has 0 aliphatic carbocycles. The van der Waals surface area contributed by atoms with E-state index in [9.17, 15) is 9.18 Å². The Labute approximate surface area is 103 Å². The number of anilines is 1. The first kappa shape index (κ1) is 12.1. The molecule has 1 heterocycles. The van der Waals surface area contributed by atoms with Crippen molar-refractivity contribution >= 4 is 11.6 Å².